The zero-order chi connectivity index (χ0) is 15.2. The fraction of sp³-hybridized carbons (Fsp3) is 0.294. The second-order valence-corrected chi connectivity index (χ2v) is 6.29. The van der Waals surface area contributed by atoms with Crippen molar-refractivity contribution in [2.24, 2.45) is 5.92 Å². The molecule has 0 saturated carbocycles. The van der Waals surface area contributed by atoms with Crippen LogP contribution in [-0.2, 0) is 0 Å². The maximum Gasteiger partial charge on any atom is 0.319 e. The number of nitrogens with zero attached hydrogens (tertiary/aromatic N) is 1. The average molecular weight is 313 g/mol. The van der Waals surface area contributed by atoms with Gasteiger partial charge in [0.1, 0.15) is 5.01 Å². The van der Waals surface area contributed by atoms with Crippen LogP contribution in [0.3, 0.4) is 0 Å². The molecule has 2 amide bonds. The van der Waals surface area contributed by atoms with Crippen molar-refractivity contribution in [3.05, 3.63) is 48.0 Å². The van der Waals surface area contributed by atoms with Gasteiger partial charge >= 0.3 is 6.03 Å². The van der Waals surface area contributed by atoms with E-state index in [2.05, 4.69) is 27.8 Å². The van der Waals surface area contributed by atoms with Crippen LogP contribution in [0.2, 0.25) is 0 Å². The van der Waals surface area contributed by atoms with Crippen molar-refractivity contribution in [3.63, 3.8) is 0 Å². The van der Waals surface area contributed by atoms with E-state index in [0.717, 1.165) is 42.1 Å². The minimum Gasteiger partial charge on any atom is -0.338 e. The molecule has 2 N–H and O–H groups in total. The van der Waals surface area contributed by atoms with Crippen LogP contribution >= 0.6 is 11.3 Å². The van der Waals surface area contributed by atoms with Crippen molar-refractivity contribution < 1.29 is 4.79 Å². The van der Waals surface area contributed by atoms with Gasteiger partial charge in [-0.3, -0.25) is 0 Å². The van der Waals surface area contributed by atoms with Crippen LogP contribution in [0.4, 0.5) is 10.5 Å². The quantitative estimate of drug-likeness (QED) is 0.827. The summed E-state index contributed by atoms with van der Waals surface area (Å²) in [6.07, 6.45) is 9.53. The fourth-order valence-electron chi connectivity index (χ4n) is 2.52. The number of benzene rings is 1. The number of rotatable bonds is 4. The van der Waals surface area contributed by atoms with Crippen LogP contribution in [0, 0.1) is 5.92 Å². The molecular formula is C17H19N3OS. The Morgan fingerprint density at radius 2 is 2.14 bits per heavy atom. The van der Waals surface area contributed by atoms with E-state index in [0.29, 0.717) is 5.92 Å². The summed E-state index contributed by atoms with van der Waals surface area (Å²) in [6, 6.07) is 7.61. The van der Waals surface area contributed by atoms with E-state index < -0.39 is 0 Å². The monoisotopic (exact) mass is 313 g/mol. The number of urea groups is 1. The molecule has 2 aromatic rings. The molecule has 1 atom stereocenters. The Balaban J connectivity index is 1.50. The van der Waals surface area contributed by atoms with E-state index >= 15 is 0 Å². The molecule has 0 saturated heterocycles. The summed E-state index contributed by atoms with van der Waals surface area (Å²) < 4.78 is 0. The first-order valence-corrected chi connectivity index (χ1v) is 8.39. The molecule has 1 unspecified atom stereocenters. The average Bonchev–Trinajstić information content (AvgIpc) is 3.09. The van der Waals surface area contributed by atoms with Gasteiger partial charge in [0, 0.05) is 29.4 Å². The van der Waals surface area contributed by atoms with Crippen molar-refractivity contribution >= 4 is 23.1 Å². The number of allylic oxidation sites excluding steroid dienone is 2. The van der Waals surface area contributed by atoms with Gasteiger partial charge in [-0.05, 0) is 49.4 Å². The number of anilines is 1. The van der Waals surface area contributed by atoms with Crippen molar-refractivity contribution in [1.29, 1.82) is 0 Å². The number of nitrogens with one attached hydrogen (secondary N) is 2. The second kappa shape index (κ2) is 7.22. The molecule has 1 aromatic carbocycles. The Hall–Kier alpha value is -2.14. The summed E-state index contributed by atoms with van der Waals surface area (Å²) in [5.74, 6) is 0.558. The van der Waals surface area contributed by atoms with Crippen molar-refractivity contribution in [2.75, 3.05) is 11.9 Å². The molecule has 1 aromatic heterocycles. The first-order valence-electron chi connectivity index (χ1n) is 7.51. The summed E-state index contributed by atoms with van der Waals surface area (Å²) >= 11 is 1.60. The summed E-state index contributed by atoms with van der Waals surface area (Å²) in [6.45, 7) is 0.730. The number of hydrogen-bond donors (Lipinski definition) is 2. The predicted octanol–water partition coefficient (Wildman–Crippen LogP) is 4.29. The van der Waals surface area contributed by atoms with Crippen LogP contribution in [0.15, 0.2) is 48.0 Å². The molecule has 4 nitrogen and oxygen atoms in total. The molecule has 5 heteroatoms. The van der Waals surface area contributed by atoms with Crippen molar-refractivity contribution in [2.45, 2.75) is 19.3 Å². The Bertz CT molecular complexity index is 634. The fourth-order valence-corrected chi connectivity index (χ4v) is 3.16. The second-order valence-electron chi connectivity index (χ2n) is 5.40. The molecule has 1 aliphatic carbocycles. The van der Waals surface area contributed by atoms with Crippen LogP contribution in [-0.4, -0.2) is 17.6 Å². The van der Waals surface area contributed by atoms with Gasteiger partial charge in [-0.2, -0.15) is 0 Å². The van der Waals surface area contributed by atoms with Gasteiger partial charge in [-0.1, -0.05) is 12.2 Å². The lowest BCUT2D eigenvalue weighted by Gasteiger charge is -2.18. The van der Waals surface area contributed by atoms with Gasteiger partial charge in [-0.15, -0.1) is 11.3 Å². The number of aromatic nitrogens is 1. The molecule has 1 heterocycles. The van der Waals surface area contributed by atoms with Gasteiger partial charge in [0.25, 0.3) is 0 Å². The third kappa shape index (κ3) is 3.95. The van der Waals surface area contributed by atoms with Gasteiger partial charge in [-0.25, -0.2) is 9.78 Å². The Morgan fingerprint density at radius 3 is 2.82 bits per heavy atom. The first-order chi connectivity index (χ1) is 10.8. The topological polar surface area (TPSA) is 54.0 Å². The maximum absolute atomic E-state index is 11.9. The highest BCUT2D eigenvalue weighted by atomic mass is 32.1. The van der Waals surface area contributed by atoms with Crippen LogP contribution in [0.5, 0.6) is 0 Å². The van der Waals surface area contributed by atoms with Gasteiger partial charge in [0.2, 0.25) is 0 Å². The normalized spacial score (nSPS) is 17.2. The number of carbonyl (C=O) groups is 1. The van der Waals surface area contributed by atoms with Crippen molar-refractivity contribution in [1.82, 2.24) is 10.3 Å². The Labute approximate surface area is 134 Å². The summed E-state index contributed by atoms with van der Waals surface area (Å²) in [5.41, 5.74) is 1.86. The molecule has 0 aliphatic heterocycles. The highest BCUT2D eigenvalue weighted by molar-refractivity contribution is 7.13. The van der Waals surface area contributed by atoms with E-state index in [4.69, 9.17) is 0 Å². The standard InChI is InChI=1S/C17H19N3OS/c21-17(19-12-13-4-2-1-3-5-13)20-15-8-6-14(7-9-15)16-18-10-11-22-16/h1-2,6-11,13H,3-5,12H2,(H2,19,20,21). The molecule has 0 radical (unpaired) electrons. The smallest absolute Gasteiger partial charge is 0.319 e. The predicted molar refractivity (Wildman–Crippen MR) is 91.1 cm³/mol. The Kier molecular flexibility index (Phi) is 4.85. The van der Waals surface area contributed by atoms with Gasteiger partial charge in [0.05, 0.1) is 0 Å². The highest BCUT2D eigenvalue weighted by Crippen LogP contribution is 2.23. The number of amides is 2. The lowest BCUT2D eigenvalue weighted by Crippen LogP contribution is -2.33. The summed E-state index contributed by atoms with van der Waals surface area (Å²) in [7, 11) is 0. The van der Waals surface area contributed by atoms with Gasteiger partial charge < -0.3 is 10.6 Å². The molecular weight excluding hydrogens is 294 g/mol. The van der Waals surface area contributed by atoms with Gasteiger partial charge in [0.15, 0.2) is 0 Å². The highest BCUT2D eigenvalue weighted by Gasteiger charge is 2.11. The SMILES string of the molecule is O=C(NCC1CC=CCC1)Nc1ccc(-c2nccs2)cc1. The van der Waals surface area contributed by atoms with Crippen LogP contribution in [0.1, 0.15) is 19.3 Å². The van der Waals surface area contributed by atoms with E-state index in [9.17, 15) is 4.79 Å². The van der Waals surface area contributed by atoms with Crippen LogP contribution < -0.4 is 10.6 Å². The zero-order valence-electron chi connectivity index (χ0n) is 12.3. The molecule has 3 rings (SSSR count). The largest absolute Gasteiger partial charge is 0.338 e. The van der Waals surface area contributed by atoms with Crippen LogP contribution in [0.25, 0.3) is 10.6 Å². The first kappa shape index (κ1) is 14.8. The maximum atomic E-state index is 11.9. The van der Waals surface area contributed by atoms with Crippen molar-refractivity contribution in [3.8, 4) is 10.6 Å². The molecule has 22 heavy (non-hydrogen) atoms. The minimum absolute atomic E-state index is 0.142. The zero-order valence-corrected chi connectivity index (χ0v) is 13.1. The minimum atomic E-state index is -0.142. The summed E-state index contributed by atoms with van der Waals surface area (Å²) in [4.78, 5) is 16.2. The third-order valence-electron chi connectivity index (χ3n) is 3.75. The molecule has 1 aliphatic rings. The molecule has 0 spiro atoms. The molecule has 0 fully saturated rings. The lowest BCUT2D eigenvalue weighted by atomic mass is 9.94. The number of hydrogen-bond acceptors (Lipinski definition) is 3. The van der Waals surface area contributed by atoms with E-state index in [1.54, 1.807) is 17.5 Å². The number of carbonyl (C=O) groups excluding carboxylic acids is 1. The van der Waals surface area contributed by atoms with E-state index in [1.165, 1.54) is 0 Å². The van der Waals surface area contributed by atoms with E-state index in [-0.39, 0.29) is 6.03 Å². The van der Waals surface area contributed by atoms with E-state index in [1.807, 2.05) is 29.6 Å². The Morgan fingerprint density at radius 1 is 1.27 bits per heavy atom. The lowest BCUT2D eigenvalue weighted by molar-refractivity contribution is 0.249. The third-order valence-corrected chi connectivity index (χ3v) is 4.57. The molecule has 0 bridgehead atoms. The number of thiazole rings is 1. The summed E-state index contributed by atoms with van der Waals surface area (Å²) in [5, 5.41) is 8.76. The molecule has 114 valence electrons.